The Kier molecular flexibility index (Phi) is 10.6. The second-order valence-electron chi connectivity index (χ2n) is 7.68. The highest BCUT2D eigenvalue weighted by atomic mass is 35.5. The van der Waals surface area contributed by atoms with Gasteiger partial charge in [-0.15, -0.1) is 11.6 Å². The number of hydrogen-bond acceptors (Lipinski definition) is 2. The van der Waals surface area contributed by atoms with E-state index in [0.717, 1.165) is 56.8 Å². The normalized spacial score (nSPS) is 12.3. The molecule has 156 valence electrons. The molecule has 2 aromatic rings. The van der Waals surface area contributed by atoms with Crippen LogP contribution in [0.1, 0.15) is 77.2 Å². The Morgan fingerprint density at radius 3 is 2.39 bits per heavy atom. The van der Waals surface area contributed by atoms with Gasteiger partial charge in [0.15, 0.2) is 0 Å². The largest absolute Gasteiger partial charge is 0.494 e. The fourth-order valence-corrected chi connectivity index (χ4v) is 3.59. The van der Waals surface area contributed by atoms with Crippen LogP contribution in [-0.2, 0) is 0 Å². The molecule has 0 fully saturated rings. The third-order valence-electron chi connectivity index (χ3n) is 5.34. The van der Waals surface area contributed by atoms with Crippen LogP contribution < -0.4 is 9.47 Å². The van der Waals surface area contributed by atoms with Crippen molar-refractivity contribution in [3.05, 3.63) is 35.9 Å². The minimum absolute atomic E-state index is 0.302. The van der Waals surface area contributed by atoms with Crippen LogP contribution in [0.2, 0.25) is 0 Å². The Morgan fingerprint density at radius 1 is 0.857 bits per heavy atom. The smallest absolute Gasteiger partial charge is 0.122 e. The molecule has 1 atom stereocenters. The number of aryl methyl sites for hydroxylation is 1. The van der Waals surface area contributed by atoms with Gasteiger partial charge in [-0.3, -0.25) is 0 Å². The van der Waals surface area contributed by atoms with Crippen LogP contribution >= 0.6 is 11.6 Å². The molecule has 0 radical (unpaired) electrons. The average molecular weight is 405 g/mol. The summed E-state index contributed by atoms with van der Waals surface area (Å²) in [5, 5.41) is 2.75. The summed E-state index contributed by atoms with van der Waals surface area (Å²) in [6, 6.07) is 10.6. The number of alkyl halides is 1. The number of halogens is 1. The molecule has 28 heavy (non-hydrogen) atoms. The summed E-state index contributed by atoms with van der Waals surface area (Å²) in [4.78, 5) is 0. The zero-order valence-corrected chi connectivity index (χ0v) is 18.7. The minimum atomic E-state index is 0.302. The molecule has 0 spiro atoms. The molecule has 0 aliphatic heterocycles. The molecule has 0 aliphatic rings. The molecule has 0 saturated carbocycles. The predicted octanol–water partition coefficient (Wildman–Crippen LogP) is 8.06. The van der Waals surface area contributed by atoms with Gasteiger partial charge in [0, 0.05) is 5.38 Å². The van der Waals surface area contributed by atoms with Crippen molar-refractivity contribution in [2.24, 2.45) is 0 Å². The zero-order chi connectivity index (χ0) is 20.2. The van der Waals surface area contributed by atoms with Gasteiger partial charge in [-0.2, -0.15) is 0 Å². The summed E-state index contributed by atoms with van der Waals surface area (Å²) < 4.78 is 12.0. The fraction of sp³-hybridized carbons (Fsp3) is 0.600. The van der Waals surface area contributed by atoms with E-state index in [2.05, 4.69) is 51.1 Å². The van der Waals surface area contributed by atoms with Crippen LogP contribution in [0.15, 0.2) is 30.3 Å². The molecule has 0 aliphatic carbocycles. The van der Waals surface area contributed by atoms with E-state index in [4.69, 9.17) is 21.1 Å². The van der Waals surface area contributed by atoms with Crippen molar-refractivity contribution in [3.8, 4) is 11.5 Å². The van der Waals surface area contributed by atoms with Crippen LogP contribution in [0, 0.1) is 6.92 Å². The van der Waals surface area contributed by atoms with Crippen LogP contribution in [0.25, 0.3) is 10.8 Å². The van der Waals surface area contributed by atoms with E-state index in [-0.39, 0.29) is 0 Å². The fourth-order valence-electron chi connectivity index (χ4n) is 3.44. The van der Waals surface area contributed by atoms with Gasteiger partial charge in [0.1, 0.15) is 11.5 Å². The van der Waals surface area contributed by atoms with E-state index >= 15 is 0 Å². The molecule has 0 saturated heterocycles. The van der Waals surface area contributed by atoms with Gasteiger partial charge < -0.3 is 9.47 Å². The number of fused-ring (bicyclic) bond motifs is 1. The van der Waals surface area contributed by atoms with Gasteiger partial charge in [-0.1, -0.05) is 51.7 Å². The molecule has 0 heterocycles. The van der Waals surface area contributed by atoms with Crippen molar-refractivity contribution in [2.45, 2.75) is 83.9 Å². The first kappa shape index (κ1) is 22.9. The molecule has 2 nitrogen and oxygen atoms in total. The van der Waals surface area contributed by atoms with E-state index < -0.39 is 0 Å². The molecule has 2 aromatic carbocycles. The van der Waals surface area contributed by atoms with E-state index in [9.17, 15) is 0 Å². The van der Waals surface area contributed by atoms with Crippen LogP contribution in [-0.4, -0.2) is 18.6 Å². The van der Waals surface area contributed by atoms with Crippen molar-refractivity contribution < 1.29 is 9.47 Å². The second-order valence-corrected chi connectivity index (χ2v) is 8.30. The van der Waals surface area contributed by atoms with Crippen molar-refractivity contribution >= 4 is 22.4 Å². The monoisotopic (exact) mass is 404 g/mol. The highest BCUT2D eigenvalue weighted by Gasteiger charge is 2.07. The van der Waals surface area contributed by atoms with Crippen molar-refractivity contribution in [2.75, 3.05) is 13.2 Å². The maximum absolute atomic E-state index is 6.16. The Morgan fingerprint density at radius 2 is 1.61 bits per heavy atom. The second kappa shape index (κ2) is 12.9. The number of unbranched alkanes of at least 4 members (excludes halogenated alkanes) is 5. The maximum Gasteiger partial charge on any atom is 0.122 e. The van der Waals surface area contributed by atoms with Crippen LogP contribution in [0.3, 0.4) is 0 Å². The quantitative estimate of drug-likeness (QED) is 0.234. The SMILES string of the molecule is CCCCCCCOc1ccc2cc(OCCCCC(Cl)CC)ccc2c1C. The molecular formula is C25H37ClO2. The van der Waals surface area contributed by atoms with Gasteiger partial charge in [0.25, 0.3) is 0 Å². The third-order valence-corrected chi connectivity index (χ3v) is 5.87. The molecule has 2 rings (SSSR count). The molecule has 0 aromatic heterocycles. The topological polar surface area (TPSA) is 18.5 Å². The Balaban J connectivity index is 1.84. The summed E-state index contributed by atoms with van der Waals surface area (Å²) >= 11 is 6.16. The summed E-state index contributed by atoms with van der Waals surface area (Å²) in [6.07, 6.45) is 10.6. The van der Waals surface area contributed by atoms with E-state index in [1.165, 1.54) is 42.0 Å². The number of hydrogen-bond donors (Lipinski definition) is 0. The lowest BCUT2D eigenvalue weighted by Gasteiger charge is -2.13. The van der Waals surface area contributed by atoms with Gasteiger partial charge in [0.2, 0.25) is 0 Å². The molecular weight excluding hydrogens is 368 g/mol. The minimum Gasteiger partial charge on any atom is -0.494 e. The lowest BCUT2D eigenvalue weighted by atomic mass is 10.0. The Labute approximate surface area is 176 Å². The zero-order valence-electron chi connectivity index (χ0n) is 17.9. The van der Waals surface area contributed by atoms with Crippen molar-refractivity contribution in [1.29, 1.82) is 0 Å². The predicted molar refractivity (Wildman–Crippen MR) is 122 cm³/mol. The van der Waals surface area contributed by atoms with Gasteiger partial charge >= 0.3 is 0 Å². The molecule has 0 N–H and O–H groups in total. The van der Waals surface area contributed by atoms with Gasteiger partial charge in [0.05, 0.1) is 13.2 Å². The first-order chi connectivity index (χ1) is 13.7. The van der Waals surface area contributed by atoms with Crippen molar-refractivity contribution in [1.82, 2.24) is 0 Å². The van der Waals surface area contributed by atoms with E-state index in [1.807, 2.05) is 0 Å². The summed E-state index contributed by atoms with van der Waals surface area (Å²) in [5.74, 6) is 1.94. The van der Waals surface area contributed by atoms with Gasteiger partial charge in [-0.05, 0) is 73.6 Å². The van der Waals surface area contributed by atoms with E-state index in [0.29, 0.717) is 5.38 Å². The highest BCUT2D eigenvalue weighted by molar-refractivity contribution is 6.20. The average Bonchev–Trinajstić information content (AvgIpc) is 2.71. The summed E-state index contributed by atoms with van der Waals surface area (Å²) in [5.41, 5.74) is 1.21. The number of benzene rings is 2. The van der Waals surface area contributed by atoms with Crippen LogP contribution in [0.5, 0.6) is 11.5 Å². The third kappa shape index (κ3) is 7.54. The highest BCUT2D eigenvalue weighted by Crippen LogP contribution is 2.30. The molecule has 0 bridgehead atoms. The Bertz CT molecular complexity index is 698. The van der Waals surface area contributed by atoms with Gasteiger partial charge in [-0.25, -0.2) is 0 Å². The maximum atomic E-state index is 6.16. The van der Waals surface area contributed by atoms with Crippen LogP contribution in [0.4, 0.5) is 0 Å². The lowest BCUT2D eigenvalue weighted by Crippen LogP contribution is -2.01. The summed E-state index contributed by atoms with van der Waals surface area (Å²) in [7, 11) is 0. The number of rotatable bonds is 14. The molecule has 3 heteroatoms. The first-order valence-corrected chi connectivity index (χ1v) is 11.5. The summed E-state index contributed by atoms with van der Waals surface area (Å²) in [6.45, 7) is 8.07. The van der Waals surface area contributed by atoms with E-state index in [1.54, 1.807) is 0 Å². The standard InChI is InChI=1S/C25H37ClO2/c1-4-6-7-8-10-18-28-25-16-13-21-19-23(14-15-24(21)20(25)3)27-17-11-9-12-22(26)5-2/h13-16,19,22H,4-12,17-18H2,1-3H3. The molecule has 1 unspecified atom stereocenters. The van der Waals surface area contributed by atoms with Crippen molar-refractivity contribution in [3.63, 3.8) is 0 Å². The molecule has 0 amide bonds. The Hall–Kier alpha value is -1.41. The number of ether oxygens (including phenoxy) is 2. The lowest BCUT2D eigenvalue weighted by molar-refractivity contribution is 0.303. The first-order valence-electron chi connectivity index (χ1n) is 11.1.